The minimum Gasteiger partial charge on any atom is -0.353 e. The molecule has 0 aromatic heterocycles. The molecule has 0 aliphatic heterocycles. The maximum atomic E-state index is 11.6. The van der Waals surface area contributed by atoms with Crippen LogP contribution in [0.4, 0.5) is 0 Å². The molecule has 6 heteroatoms. The first-order valence-electron chi connectivity index (χ1n) is 6.19. The lowest BCUT2D eigenvalue weighted by molar-refractivity contribution is -0.121. The summed E-state index contributed by atoms with van der Waals surface area (Å²) in [5, 5.41) is 2.95. The number of halogens is 1. The van der Waals surface area contributed by atoms with E-state index in [9.17, 15) is 13.2 Å². The third-order valence-corrected chi connectivity index (χ3v) is 4.67. The van der Waals surface area contributed by atoms with Crippen molar-refractivity contribution in [3.8, 4) is 0 Å². The second-order valence-electron chi connectivity index (χ2n) is 4.97. The van der Waals surface area contributed by atoms with Crippen LogP contribution >= 0.6 is 10.7 Å². The van der Waals surface area contributed by atoms with Gasteiger partial charge in [0.2, 0.25) is 5.91 Å². The minimum atomic E-state index is -3.67. The van der Waals surface area contributed by atoms with Gasteiger partial charge in [0.15, 0.2) is 0 Å². The number of amides is 1. The van der Waals surface area contributed by atoms with Crippen LogP contribution in [0.15, 0.2) is 29.2 Å². The number of hydrogen-bond acceptors (Lipinski definition) is 3. The molecule has 19 heavy (non-hydrogen) atoms. The van der Waals surface area contributed by atoms with Gasteiger partial charge in [0.1, 0.15) is 0 Å². The van der Waals surface area contributed by atoms with E-state index < -0.39 is 9.05 Å². The van der Waals surface area contributed by atoms with Crippen molar-refractivity contribution in [2.45, 2.75) is 37.1 Å². The molecule has 0 bridgehead atoms. The summed E-state index contributed by atoms with van der Waals surface area (Å²) in [6.45, 7) is 2.11. The van der Waals surface area contributed by atoms with Gasteiger partial charge in [-0.3, -0.25) is 4.79 Å². The van der Waals surface area contributed by atoms with Crippen molar-refractivity contribution in [1.29, 1.82) is 0 Å². The molecule has 1 aromatic rings. The van der Waals surface area contributed by atoms with Crippen LogP contribution in [-0.4, -0.2) is 20.4 Å². The lowest BCUT2D eigenvalue weighted by atomic mass is 10.1. The van der Waals surface area contributed by atoms with Gasteiger partial charge in [-0.2, -0.15) is 0 Å². The molecule has 1 saturated carbocycles. The zero-order valence-electron chi connectivity index (χ0n) is 10.6. The quantitative estimate of drug-likeness (QED) is 0.847. The molecule has 1 amide bonds. The molecule has 1 fully saturated rings. The zero-order valence-corrected chi connectivity index (χ0v) is 12.2. The maximum Gasteiger partial charge on any atom is 0.261 e. The summed E-state index contributed by atoms with van der Waals surface area (Å²) < 4.78 is 22.1. The molecule has 1 aromatic carbocycles. The summed E-state index contributed by atoms with van der Waals surface area (Å²) in [6, 6.07) is 6.62. The third kappa shape index (κ3) is 4.21. The van der Waals surface area contributed by atoms with E-state index in [1.54, 1.807) is 12.1 Å². The Kier molecular flexibility index (Phi) is 4.16. The first-order chi connectivity index (χ1) is 8.86. The predicted octanol–water partition coefficient (Wildman–Crippen LogP) is 2.07. The predicted molar refractivity (Wildman–Crippen MR) is 73.5 cm³/mol. The first kappa shape index (κ1) is 14.3. The maximum absolute atomic E-state index is 11.6. The molecule has 1 aliphatic rings. The van der Waals surface area contributed by atoms with Crippen molar-refractivity contribution in [3.05, 3.63) is 29.8 Å². The van der Waals surface area contributed by atoms with Crippen molar-refractivity contribution in [2.24, 2.45) is 5.92 Å². The summed E-state index contributed by atoms with van der Waals surface area (Å²) in [5.74, 6) is 0.639. The third-order valence-electron chi connectivity index (χ3n) is 3.30. The molecule has 0 heterocycles. The number of nitrogens with one attached hydrogen (secondary N) is 1. The molecule has 1 aliphatic carbocycles. The molecule has 0 radical (unpaired) electrons. The number of benzene rings is 1. The van der Waals surface area contributed by atoms with Gasteiger partial charge in [0, 0.05) is 23.1 Å². The van der Waals surface area contributed by atoms with Crippen LogP contribution in [0.5, 0.6) is 0 Å². The molecular formula is C13H16ClNO3S. The van der Waals surface area contributed by atoms with E-state index in [1.165, 1.54) is 12.1 Å². The van der Waals surface area contributed by atoms with E-state index in [0.29, 0.717) is 24.8 Å². The van der Waals surface area contributed by atoms with Gasteiger partial charge in [-0.15, -0.1) is 0 Å². The van der Waals surface area contributed by atoms with Crippen LogP contribution in [0.1, 0.15) is 25.3 Å². The van der Waals surface area contributed by atoms with Crippen LogP contribution < -0.4 is 5.32 Å². The lowest BCUT2D eigenvalue weighted by Gasteiger charge is -2.04. The Morgan fingerprint density at radius 3 is 2.42 bits per heavy atom. The van der Waals surface area contributed by atoms with Crippen LogP contribution in [0.2, 0.25) is 0 Å². The van der Waals surface area contributed by atoms with Crippen molar-refractivity contribution in [2.75, 3.05) is 0 Å². The summed E-state index contributed by atoms with van der Waals surface area (Å²) in [4.78, 5) is 11.7. The van der Waals surface area contributed by atoms with Gasteiger partial charge < -0.3 is 5.32 Å². The number of carbonyl (C=O) groups is 1. The van der Waals surface area contributed by atoms with E-state index in [0.717, 1.165) is 12.0 Å². The first-order valence-corrected chi connectivity index (χ1v) is 8.50. The molecule has 1 N–H and O–H groups in total. The highest BCUT2D eigenvalue weighted by Crippen LogP contribution is 2.29. The molecule has 0 spiro atoms. The fraction of sp³-hybridized carbons (Fsp3) is 0.462. The number of aryl methyl sites for hydroxylation is 1. The molecule has 0 saturated heterocycles. The van der Waals surface area contributed by atoms with Crippen molar-refractivity contribution >= 4 is 25.6 Å². The van der Waals surface area contributed by atoms with E-state index in [1.807, 2.05) is 0 Å². The molecule has 2 rings (SSSR count). The van der Waals surface area contributed by atoms with E-state index in [4.69, 9.17) is 10.7 Å². The van der Waals surface area contributed by atoms with E-state index in [2.05, 4.69) is 12.2 Å². The van der Waals surface area contributed by atoms with Gasteiger partial charge in [0.25, 0.3) is 9.05 Å². The Labute approximate surface area is 117 Å². The highest BCUT2D eigenvalue weighted by molar-refractivity contribution is 8.13. The van der Waals surface area contributed by atoms with E-state index >= 15 is 0 Å². The molecule has 2 atom stereocenters. The van der Waals surface area contributed by atoms with Crippen molar-refractivity contribution in [1.82, 2.24) is 5.32 Å². The van der Waals surface area contributed by atoms with Crippen LogP contribution in [0.25, 0.3) is 0 Å². The standard InChI is InChI=1S/C13H16ClNO3S/c1-9-8-12(9)15-13(16)7-4-10-2-5-11(6-3-10)19(14,17)18/h2-3,5-6,9,12H,4,7-8H2,1H3,(H,15,16). The fourth-order valence-electron chi connectivity index (χ4n) is 1.88. The lowest BCUT2D eigenvalue weighted by Crippen LogP contribution is -2.26. The molecule has 2 unspecified atom stereocenters. The topological polar surface area (TPSA) is 63.2 Å². The highest BCUT2D eigenvalue weighted by Gasteiger charge is 2.33. The van der Waals surface area contributed by atoms with E-state index in [-0.39, 0.29) is 10.8 Å². The molecular weight excluding hydrogens is 286 g/mol. The van der Waals surface area contributed by atoms with Gasteiger partial charge in [0.05, 0.1) is 4.90 Å². The summed E-state index contributed by atoms with van der Waals surface area (Å²) in [6.07, 6.45) is 2.07. The van der Waals surface area contributed by atoms with Gasteiger partial charge >= 0.3 is 0 Å². The van der Waals surface area contributed by atoms with Crippen LogP contribution in [0.3, 0.4) is 0 Å². The molecule has 104 valence electrons. The second kappa shape index (κ2) is 5.51. The fourth-order valence-corrected chi connectivity index (χ4v) is 2.65. The Morgan fingerprint density at radius 2 is 1.95 bits per heavy atom. The number of hydrogen-bond donors (Lipinski definition) is 1. The molecule has 4 nitrogen and oxygen atoms in total. The Morgan fingerprint density at radius 1 is 1.37 bits per heavy atom. The Balaban J connectivity index is 1.84. The summed E-state index contributed by atoms with van der Waals surface area (Å²) in [5.41, 5.74) is 0.920. The largest absolute Gasteiger partial charge is 0.353 e. The normalized spacial score (nSPS) is 22.0. The zero-order chi connectivity index (χ0) is 14.0. The van der Waals surface area contributed by atoms with Crippen LogP contribution in [0, 0.1) is 5.92 Å². The van der Waals surface area contributed by atoms with Gasteiger partial charge in [-0.25, -0.2) is 8.42 Å². The average molecular weight is 302 g/mol. The van der Waals surface area contributed by atoms with Crippen molar-refractivity contribution in [3.63, 3.8) is 0 Å². The average Bonchev–Trinajstić information content (AvgIpc) is 3.01. The smallest absolute Gasteiger partial charge is 0.261 e. The summed E-state index contributed by atoms with van der Waals surface area (Å²) in [7, 11) is 1.55. The Bertz CT molecular complexity index is 568. The Hall–Kier alpha value is -1.07. The highest BCUT2D eigenvalue weighted by atomic mass is 35.7. The second-order valence-corrected chi connectivity index (χ2v) is 7.53. The van der Waals surface area contributed by atoms with Gasteiger partial charge in [-0.05, 0) is 36.5 Å². The monoisotopic (exact) mass is 301 g/mol. The van der Waals surface area contributed by atoms with Gasteiger partial charge in [-0.1, -0.05) is 19.1 Å². The van der Waals surface area contributed by atoms with Crippen molar-refractivity contribution < 1.29 is 13.2 Å². The van der Waals surface area contributed by atoms with Crippen LogP contribution in [-0.2, 0) is 20.3 Å². The summed E-state index contributed by atoms with van der Waals surface area (Å²) >= 11 is 0. The number of rotatable bonds is 5. The SMILES string of the molecule is CC1CC1NC(=O)CCc1ccc(S(=O)(=O)Cl)cc1. The number of carbonyl (C=O) groups excluding carboxylic acids is 1. The minimum absolute atomic E-state index is 0.0448.